The summed E-state index contributed by atoms with van der Waals surface area (Å²) in [7, 11) is 1.87. The summed E-state index contributed by atoms with van der Waals surface area (Å²) in [6, 6.07) is 6.58. The number of nitrogens with zero attached hydrogens (tertiary/aromatic N) is 3. The molecular formula is C18H22N4O. The quantitative estimate of drug-likeness (QED) is 0.778. The lowest BCUT2D eigenvalue weighted by molar-refractivity contribution is 0.157. The molecule has 120 valence electrons. The molecule has 23 heavy (non-hydrogen) atoms. The summed E-state index contributed by atoms with van der Waals surface area (Å²) in [4.78, 5) is 0. The number of aliphatic hydroxyl groups excluding tert-OH is 1. The number of hydrogen-bond acceptors (Lipinski definition) is 3. The summed E-state index contributed by atoms with van der Waals surface area (Å²) in [5.41, 5.74) is 6.09. The van der Waals surface area contributed by atoms with E-state index in [1.54, 1.807) is 10.9 Å². The first-order valence-electron chi connectivity index (χ1n) is 8.11. The van der Waals surface area contributed by atoms with Crippen LogP contribution in [0.3, 0.4) is 0 Å². The molecule has 1 aromatic carbocycles. The van der Waals surface area contributed by atoms with Gasteiger partial charge in [0.2, 0.25) is 0 Å². The van der Waals surface area contributed by atoms with Crippen LogP contribution in [0.4, 0.5) is 0 Å². The second kappa shape index (κ2) is 5.51. The van der Waals surface area contributed by atoms with E-state index in [1.807, 2.05) is 13.2 Å². The topological polar surface area (TPSA) is 55.0 Å². The highest BCUT2D eigenvalue weighted by atomic mass is 16.3. The standard InChI is InChI=1S/C18H22N4O/c1-12-3-4-16-14(7-12)15-9-19-6-5-17(15)22(16)11-18(23)13-8-20-21(2)10-13/h3-4,7-8,10,18-19,23H,5-6,9,11H2,1-2H3. The van der Waals surface area contributed by atoms with Gasteiger partial charge in [0.05, 0.1) is 18.8 Å². The number of rotatable bonds is 3. The van der Waals surface area contributed by atoms with Gasteiger partial charge in [-0.05, 0) is 24.6 Å². The molecule has 0 radical (unpaired) electrons. The summed E-state index contributed by atoms with van der Waals surface area (Å²) in [6.45, 7) is 4.60. The van der Waals surface area contributed by atoms with Crippen LogP contribution in [0, 0.1) is 6.92 Å². The molecule has 0 aliphatic carbocycles. The van der Waals surface area contributed by atoms with E-state index < -0.39 is 6.10 Å². The maximum absolute atomic E-state index is 10.6. The summed E-state index contributed by atoms with van der Waals surface area (Å²) in [5, 5.41) is 19.6. The van der Waals surface area contributed by atoms with E-state index in [2.05, 4.69) is 40.1 Å². The van der Waals surface area contributed by atoms with Gasteiger partial charge in [0, 0.05) is 54.9 Å². The Kier molecular flexibility index (Phi) is 3.47. The maximum Gasteiger partial charge on any atom is 0.0999 e. The summed E-state index contributed by atoms with van der Waals surface area (Å²) in [6.07, 6.45) is 4.09. The molecule has 1 aliphatic heterocycles. The molecule has 2 N–H and O–H groups in total. The number of hydrogen-bond donors (Lipinski definition) is 2. The van der Waals surface area contributed by atoms with Crippen LogP contribution in [0.5, 0.6) is 0 Å². The molecule has 0 amide bonds. The first-order valence-corrected chi connectivity index (χ1v) is 8.11. The molecule has 0 bridgehead atoms. The van der Waals surface area contributed by atoms with Gasteiger partial charge in [-0.2, -0.15) is 5.10 Å². The van der Waals surface area contributed by atoms with E-state index in [9.17, 15) is 5.11 Å². The monoisotopic (exact) mass is 310 g/mol. The molecule has 1 atom stereocenters. The lowest BCUT2D eigenvalue weighted by Gasteiger charge is -2.19. The zero-order valence-electron chi connectivity index (χ0n) is 13.6. The normalized spacial score (nSPS) is 15.8. The van der Waals surface area contributed by atoms with E-state index in [-0.39, 0.29) is 0 Å². The highest BCUT2D eigenvalue weighted by Crippen LogP contribution is 2.31. The Morgan fingerprint density at radius 2 is 2.26 bits per heavy atom. The SMILES string of the molecule is Cc1ccc2c(c1)c1c(n2CC(O)c2cnn(C)c2)CCNC1. The van der Waals surface area contributed by atoms with Crippen molar-refractivity contribution in [2.75, 3.05) is 6.54 Å². The second-order valence-electron chi connectivity index (χ2n) is 6.45. The third-order valence-electron chi connectivity index (χ3n) is 4.75. The van der Waals surface area contributed by atoms with Gasteiger partial charge in [-0.1, -0.05) is 11.6 Å². The van der Waals surface area contributed by atoms with Gasteiger partial charge in [-0.25, -0.2) is 0 Å². The third kappa shape index (κ3) is 2.46. The van der Waals surface area contributed by atoms with E-state index >= 15 is 0 Å². The fourth-order valence-electron chi connectivity index (χ4n) is 3.59. The van der Waals surface area contributed by atoms with Crippen LogP contribution in [-0.4, -0.2) is 26.0 Å². The third-order valence-corrected chi connectivity index (χ3v) is 4.75. The van der Waals surface area contributed by atoms with Crippen molar-refractivity contribution < 1.29 is 5.11 Å². The predicted octanol–water partition coefficient (Wildman–Crippen LogP) is 2.06. The van der Waals surface area contributed by atoms with Crippen molar-refractivity contribution in [3.05, 3.63) is 53.0 Å². The van der Waals surface area contributed by atoms with Crippen LogP contribution in [0.15, 0.2) is 30.6 Å². The molecule has 5 nitrogen and oxygen atoms in total. The Balaban J connectivity index is 1.79. The van der Waals surface area contributed by atoms with Crippen molar-refractivity contribution in [2.24, 2.45) is 7.05 Å². The largest absolute Gasteiger partial charge is 0.386 e. The van der Waals surface area contributed by atoms with Gasteiger partial charge >= 0.3 is 0 Å². The Labute approximate surface area is 135 Å². The lowest BCUT2D eigenvalue weighted by atomic mass is 10.0. The number of aromatic nitrogens is 3. The smallest absolute Gasteiger partial charge is 0.0999 e. The molecule has 2 aromatic heterocycles. The number of benzene rings is 1. The summed E-state index contributed by atoms with van der Waals surface area (Å²) in [5.74, 6) is 0. The summed E-state index contributed by atoms with van der Waals surface area (Å²) < 4.78 is 4.03. The minimum Gasteiger partial charge on any atom is -0.386 e. The molecule has 0 fully saturated rings. The van der Waals surface area contributed by atoms with Crippen LogP contribution in [0.25, 0.3) is 10.9 Å². The van der Waals surface area contributed by atoms with Crippen LogP contribution in [0.1, 0.15) is 28.5 Å². The van der Waals surface area contributed by atoms with Gasteiger partial charge in [-0.15, -0.1) is 0 Å². The van der Waals surface area contributed by atoms with E-state index in [0.29, 0.717) is 6.54 Å². The van der Waals surface area contributed by atoms with Crippen LogP contribution < -0.4 is 5.32 Å². The number of nitrogens with one attached hydrogen (secondary N) is 1. The van der Waals surface area contributed by atoms with Gasteiger partial charge in [-0.3, -0.25) is 4.68 Å². The van der Waals surface area contributed by atoms with Gasteiger partial charge in [0.1, 0.15) is 0 Å². The fourth-order valence-corrected chi connectivity index (χ4v) is 3.59. The Morgan fingerprint density at radius 1 is 1.39 bits per heavy atom. The molecule has 1 unspecified atom stereocenters. The number of aliphatic hydroxyl groups is 1. The molecule has 3 aromatic rings. The van der Waals surface area contributed by atoms with Gasteiger partial charge < -0.3 is 15.0 Å². The van der Waals surface area contributed by atoms with Crippen molar-refractivity contribution >= 4 is 10.9 Å². The van der Waals surface area contributed by atoms with Gasteiger partial charge in [0.15, 0.2) is 0 Å². The van der Waals surface area contributed by atoms with Crippen LogP contribution in [0.2, 0.25) is 0 Å². The zero-order valence-corrected chi connectivity index (χ0v) is 13.6. The lowest BCUT2D eigenvalue weighted by Crippen LogP contribution is -2.25. The molecular weight excluding hydrogens is 288 g/mol. The highest BCUT2D eigenvalue weighted by Gasteiger charge is 2.22. The minimum atomic E-state index is -0.542. The van der Waals surface area contributed by atoms with E-state index in [0.717, 1.165) is 25.1 Å². The second-order valence-corrected chi connectivity index (χ2v) is 6.45. The maximum atomic E-state index is 10.6. The first kappa shape index (κ1) is 14.5. The first-order chi connectivity index (χ1) is 11.1. The van der Waals surface area contributed by atoms with Crippen molar-refractivity contribution in [3.63, 3.8) is 0 Å². The van der Waals surface area contributed by atoms with Crippen molar-refractivity contribution in [1.29, 1.82) is 0 Å². The van der Waals surface area contributed by atoms with Crippen LogP contribution >= 0.6 is 0 Å². The number of aryl methyl sites for hydroxylation is 2. The summed E-state index contributed by atoms with van der Waals surface area (Å²) >= 11 is 0. The molecule has 1 aliphatic rings. The average Bonchev–Trinajstić information content (AvgIpc) is 3.10. The van der Waals surface area contributed by atoms with Crippen molar-refractivity contribution in [1.82, 2.24) is 19.7 Å². The molecule has 3 heterocycles. The van der Waals surface area contributed by atoms with E-state index in [4.69, 9.17) is 0 Å². The predicted molar refractivity (Wildman–Crippen MR) is 90.3 cm³/mol. The molecule has 0 spiro atoms. The number of fused-ring (bicyclic) bond motifs is 3. The van der Waals surface area contributed by atoms with Crippen LogP contribution in [-0.2, 0) is 26.6 Å². The Morgan fingerprint density at radius 3 is 3.04 bits per heavy atom. The Hall–Kier alpha value is -2.11. The fraction of sp³-hybridized carbons (Fsp3) is 0.389. The molecule has 0 saturated heterocycles. The molecule has 4 rings (SSSR count). The Bertz CT molecular complexity index is 861. The van der Waals surface area contributed by atoms with Gasteiger partial charge in [0.25, 0.3) is 0 Å². The average molecular weight is 310 g/mol. The van der Waals surface area contributed by atoms with Crippen molar-refractivity contribution in [3.8, 4) is 0 Å². The molecule has 5 heteroatoms. The highest BCUT2D eigenvalue weighted by molar-refractivity contribution is 5.86. The van der Waals surface area contributed by atoms with Crippen molar-refractivity contribution in [2.45, 2.75) is 32.5 Å². The van der Waals surface area contributed by atoms with E-state index in [1.165, 1.54) is 27.7 Å². The molecule has 0 saturated carbocycles. The zero-order chi connectivity index (χ0) is 16.0. The minimum absolute atomic E-state index is 0.542.